The largest absolute Gasteiger partial charge is 0.490 e. The van der Waals surface area contributed by atoms with E-state index in [1.165, 1.54) is 38.5 Å². The lowest BCUT2D eigenvalue weighted by molar-refractivity contribution is 0.302. The minimum Gasteiger partial charge on any atom is -0.490 e. The quantitative estimate of drug-likeness (QED) is 0.725. The fourth-order valence-corrected chi connectivity index (χ4v) is 3.54. The van der Waals surface area contributed by atoms with E-state index in [1.807, 2.05) is 12.4 Å². The molecule has 1 aliphatic rings. The van der Waals surface area contributed by atoms with Crippen LogP contribution in [0.15, 0.2) is 24.8 Å². The van der Waals surface area contributed by atoms with E-state index in [1.54, 1.807) is 12.4 Å². The van der Waals surface area contributed by atoms with E-state index < -0.39 is 0 Å². The number of hydrogen-bond acceptors (Lipinski definition) is 5. The van der Waals surface area contributed by atoms with Crippen molar-refractivity contribution in [2.24, 2.45) is 5.92 Å². The first kappa shape index (κ1) is 17.8. The molecule has 2 aromatic rings. The molecular formula is C20H28N4O. The van der Waals surface area contributed by atoms with E-state index in [-0.39, 0.29) is 0 Å². The minimum absolute atomic E-state index is 0.507. The smallest absolute Gasteiger partial charge is 0.162 e. The van der Waals surface area contributed by atoms with Gasteiger partial charge in [-0.15, -0.1) is 0 Å². The summed E-state index contributed by atoms with van der Waals surface area (Å²) in [5.74, 6) is 3.73. The van der Waals surface area contributed by atoms with Crippen molar-refractivity contribution in [3.8, 4) is 17.1 Å². The number of hydrogen-bond donors (Lipinski definition) is 0. The van der Waals surface area contributed by atoms with Gasteiger partial charge >= 0.3 is 0 Å². The fraction of sp³-hybridized carbons (Fsp3) is 0.600. The predicted molar refractivity (Wildman–Crippen MR) is 98.5 cm³/mol. The Morgan fingerprint density at radius 1 is 0.880 bits per heavy atom. The Labute approximate surface area is 150 Å². The number of aromatic nitrogens is 4. The summed E-state index contributed by atoms with van der Waals surface area (Å²) in [5.41, 5.74) is 0.852. The van der Waals surface area contributed by atoms with Gasteiger partial charge in [-0.05, 0) is 38.0 Å². The van der Waals surface area contributed by atoms with Crippen LogP contribution in [0.5, 0.6) is 5.75 Å². The second-order valence-electron chi connectivity index (χ2n) is 6.93. The number of rotatable bonds is 7. The molecule has 5 nitrogen and oxygen atoms in total. The van der Waals surface area contributed by atoms with Crippen LogP contribution in [-0.4, -0.2) is 26.5 Å². The molecule has 1 fully saturated rings. The molecule has 0 spiro atoms. The zero-order chi connectivity index (χ0) is 17.5. The highest BCUT2D eigenvalue weighted by atomic mass is 16.5. The summed E-state index contributed by atoms with van der Waals surface area (Å²) >= 11 is 0. The molecule has 0 aromatic carbocycles. The van der Waals surface area contributed by atoms with E-state index in [0.29, 0.717) is 24.1 Å². The van der Waals surface area contributed by atoms with E-state index in [0.717, 1.165) is 23.7 Å². The highest BCUT2D eigenvalue weighted by Crippen LogP contribution is 2.36. The van der Waals surface area contributed by atoms with E-state index in [2.05, 4.69) is 33.8 Å². The molecule has 0 aliphatic heterocycles. The zero-order valence-electron chi connectivity index (χ0n) is 15.3. The van der Waals surface area contributed by atoms with Crippen LogP contribution in [0.1, 0.15) is 70.5 Å². The lowest BCUT2D eigenvalue weighted by atomic mass is 9.80. The highest BCUT2D eigenvalue weighted by molar-refractivity contribution is 5.51. The Morgan fingerprint density at radius 2 is 1.56 bits per heavy atom. The summed E-state index contributed by atoms with van der Waals surface area (Å²) in [6.45, 7) is 5.03. The molecule has 0 bridgehead atoms. The third-order valence-electron chi connectivity index (χ3n) is 4.94. The summed E-state index contributed by atoms with van der Waals surface area (Å²) in [4.78, 5) is 17.9. The topological polar surface area (TPSA) is 60.8 Å². The number of ether oxygens (including phenoxy) is 1. The normalized spacial score (nSPS) is 20.4. The van der Waals surface area contributed by atoms with Crippen molar-refractivity contribution >= 4 is 0 Å². The second-order valence-corrected chi connectivity index (χ2v) is 6.93. The third-order valence-corrected chi connectivity index (χ3v) is 4.94. The molecule has 1 aliphatic carbocycles. The predicted octanol–water partition coefficient (Wildman–Crippen LogP) is 4.80. The second kappa shape index (κ2) is 8.88. The van der Waals surface area contributed by atoms with Gasteiger partial charge in [0.15, 0.2) is 11.6 Å². The van der Waals surface area contributed by atoms with Gasteiger partial charge in [-0.25, -0.2) is 19.9 Å². The Kier molecular flexibility index (Phi) is 6.31. The summed E-state index contributed by atoms with van der Waals surface area (Å²) < 4.78 is 5.51. The van der Waals surface area contributed by atoms with Gasteiger partial charge in [-0.2, -0.15) is 0 Å². The maximum Gasteiger partial charge on any atom is 0.162 e. The Bertz CT molecular complexity index is 634. The lowest BCUT2D eigenvalue weighted by Crippen LogP contribution is -2.15. The van der Waals surface area contributed by atoms with Crippen molar-refractivity contribution in [1.82, 2.24) is 19.9 Å². The van der Waals surface area contributed by atoms with Gasteiger partial charge in [0, 0.05) is 18.3 Å². The molecule has 3 rings (SSSR count). The average molecular weight is 340 g/mol. The molecule has 0 amide bonds. The van der Waals surface area contributed by atoms with Gasteiger partial charge in [0.1, 0.15) is 5.82 Å². The molecule has 134 valence electrons. The van der Waals surface area contributed by atoms with Gasteiger partial charge < -0.3 is 4.74 Å². The highest BCUT2D eigenvalue weighted by Gasteiger charge is 2.23. The van der Waals surface area contributed by atoms with Gasteiger partial charge in [-0.3, -0.25) is 0 Å². The van der Waals surface area contributed by atoms with Crippen molar-refractivity contribution in [1.29, 1.82) is 0 Å². The first-order chi connectivity index (χ1) is 12.3. The zero-order valence-corrected chi connectivity index (χ0v) is 15.3. The van der Waals surface area contributed by atoms with Crippen LogP contribution in [0.25, 0.3) is 11.4 Å². The molecule has 5 heteroatoms. The molecule has 0 saturated heterocycles. The average Bonchev–Trinajstić information content (AvgIpc) is 2.68. The van der Waals surface area contributed by atoms with Crippen molar-refractivity contribution < 1.29 is 4.74 Å². The SMILES string of the molecule is CCCOc1cnc(-c2cnc(C3CCC(CCC)CC3)nc2)nc1. The molecule has 0 N–H and O–H groups in total. The minimum atomic E-state index is 0.507. The number of nitrogens with zero attached hydrogens (tertiary/aromatic N) is 4. The van der Waals surface area contributed by atoms with Crippen LogP contribution in [-0.2, 0) is 0 Å². The first-order valence-corrected chi connectivity index (χ1v) is 9.57. The van der Waals surface area contributed by atoms with E-state index in [9.17, 15) is 0 Å². The van der Waals surface area contributed by atoms with E-state index in [4.69, 9.17) is 4.74 Å². The van der Waals surface area contributed by atoms with Crippen LogP contribution >= 0.6 is 0 Å². The van der Waals surface area contributed by atoms with Crippen LogP contribution in [0.3, 0.4) is 0 Å². The fourth-order valence-electron chi connectivity index (χ4n) is 3.54. The molecule has 0 radical (unpaired) electrons. The lowest BCUT2D eigenvalue weighted by Gasteiger charge is -2.27. The summed E-state index contributed by atoms with van der Waals surface area (Å²) in [6, 6.07) is 0. The third kappa shape index (κ3) is 4.74. The molecular weight excluding hydrogens is 312 g/mol. The molecule has 0 unspecified atom stereocenters. The molecule has 25 heavy (non-hydrogen) atoms. The maximum absolute atomic E-state index is 5.51. The standard InChI is InChI=1S/C20H28N4O/c1-3-5-15-6-8-16(9-7-15)19-21-11-17(12-22-19)20-23-13-18(14-24-20)25-10-4-2/h11-16H,3-10H2,1-2H3. The van der Waals surface area contributed by atoms with Crippen LogP contribution in [0.4, 0.5) is 0 Å². The Morgan fingerprint density at radius 3 is 2.16 bits per heavy atom. The van der Waals surface area contributed by atoms with E-state index >= 15 is 0 Å². The molecule has 0 atom stereocenters. The summed E-state index contributed by atoms with van der Waals surface area (Å²) in [6.07, 6.45) is 15.8. The Hall–Kier alpha value is -2.04. The van der Waals surface area contributed by atoms with Gasteiger partial charge in [0.2, 0.25) is 0 Å². The molecule has 1 saturated carbocycles. The van der Waals surface area contributed by atoms with Crippen molar-refractivity contribution in [3.63, 3.8) is 0 Å². The summed E-state index contributed by atoms with van der Waals surface area (Å²) in [7, 11) is 0. The maximum atomic E-state index is 5.51. The first-order valence-electron chi connectivity index (χ1n) is 9.57. The molecule has 2 aromatic heterocycles. The van der Waals surface area contributed by atoms with Crippen LogP contribution < -0.4 is 4.74 Å². The molecule has 2 heterocycles. The summed E-state index contributed by atoms with van der Waals surface area (Å²) in [5, 5.41) is 0. The van der Waals surface area contributed by atoms with Gasteiger partial charge in [0.05, 0.1) is 24.6 Å². The van der Waals surface area contributed by atoms with Gasteiger partial charge in [0.25, 0.3) is 0 Å². The van der Waals surface area contributed by atoms with Crippen molar-refractivity contribution in [3.05, 3.63) is 30.6 Å². The monoisotopic (exact) mass is 340 g/mol. The van der Waals surface area contributed by atoms with Crippen LogP contribution in [0.2, 0.25) is 0 Å². The van der Waals surface area contributed by atoms with Crippen molar-refractivity contribution in [2.45, 2.75) is 64.7 Å². The Balaban J connectivity index is 1.60. The van der Waals surface area contributed by atoms with Gasteiger partial charge in [-0.1, -0.05) is 26.7 Å². The van der Waals surface area contributed by atoms with Crippen LogP contribution in [0, 0.1) is 5.92 Å². The van der Waals surface area contributed by atoms with Crippen molar-refractivity contribution in [2.75, 3.05) is 6.61 Å².